The summed E-state index contributed by atoms with van der Waals surface area (Å²) in [6, 6.07) is 14.7. The number of benzene rings is 2. The van der Waals surface area contributed by atoms with Gasteiger partial charge in [-0.2, -0.15) is 5.10 Å². The Morgan fingerprint density at radius 2 is 1.81 bits per heavy atom. The summed E-state index contributed by atoms with van der Waals surface area (Å²) in [5.41, 5.74) is 4.10. The number of hydrogen-bond acceptors (Lipinski definition) is 3. The molecular weight excluding hydrogens is 336 g/mol. The molecule has 2 fully saturated rings. The molecule has 5 heteroatoms. The van der Waals surface area contributed by atoms with Crippen LogP contribution in [-0.2, 0) is 0 Å². The largest absolute Gasteiger partial charge is 0.349 e. The van der Waals surface area contributed by atoms with Gasteiger partial charge in [-0.3, -0.25) is 4.79 Å². The number of nitrogens with zero attached hydrogens (tertiary/aromatic N) is 2. The molecule has 1 aliphatic heterocycles. The zero-order chi connectivity index (χ0) is 18.2. The number of aromatic nitrogens is 2. The molecule has 27 heavy (non-hydrogen) atoms. The maximum Gasteiger partial charge on any atom is 0.251 e. The molecule has 1 aliphatic carbocycles. The average Bonchev–Trinajstić information content (AvgIpc) is 3.48. The predicted molar refractivity (Wildman–Crippen MR) is 106 cm³/mol. The molecule has 1 saturated carbocycles. The third kappa shape index (κ3) is 3.35. The van der Waals surface area contributed by atoms with Crippen LogP contribution in [0.25, 0.3) is 16.6 Å². The highest BCUT2D eigenvalue weighted by Crippen LogP contribution is 2.40. The van der Waals surface area contributed by atoms with Gasteiger partial charge in [0.05, 0.1) is 17.4 Å². The van der Waals surface area contributed by atoms with Crippen LogP contribution in [0.15, 0.2) is 48.7 Å². The molecule has 1 saturated heterocycles. The number of amides is 1. The lowest BCUT2D eigenvalue weighted by Gasteiger charge is -2.23. The second kappa shape index (κ2) is 6.82. The van der Waals surface area contributed by atoms with Crippen molar-refractivity contribution in [2.75, 3.05) is 13.1 Å². The van der Waals surface area contributed by atoms with Gasteiger partial charge in [0.2, 0.25) is 0 Å². The summed E-state index contributed by atoms with van der Waals surface area (Å²) in [6.07, 6.45) is 6.44. The van der Waals surface area contributed by atoms with Crippen molar-refractivity contribution in [1.29, 1.82) is 0 Å². The lowest BCUT2D eigenvalue weighted by Crippen LogP contribution is -2.42. The summed E-state index contributed by atoms with van der Waals surface area (Å²) < 4.78 is 1.92. The monoisotopic (exact) mass is 360 g/mol. The van der Waals surface area contributed by atoms with E-state index in [-0.39, 0.29) is 11.9 Å². The molecule has 2 aliphatic rings. The molecule has 5 rings (SSSR count). The fourth-order valence-corrected chi connectivity index (χ4v) is 3.90. The number of fused-ring (bicyclic) bond motifs is 1. The minimum absolute atomic E-state index is 0.000585. The smallest absolute Gasteiger partial charge is 0.251 e. The minimum atomic E-state index is 0.000585. The second-order valence-corrected chi connectivity index (χ2v) is 7.69. The van der Waals surface area contributed by atoms with E-state index in [0.29, 0.717) is 5.56 Å². The fraction of sp³-hybridized carbons (Fsp3) is 0.364. The average molecular weight is 360 g/mol. The highest BCUT2D eigenvalue weighted by Gasteiger charge is 2.23. The molecule has 2 aromatic carbocycles. The summed E-state index contributed by atoms with van der Waals surface area (Å²) in [5.74, 6) is 0.749. The second-order valence-electron chi connectivity index (χ2n) is 7.69. The van der Waals surface area contributed by atoms with Gasteiger partial charge in [-0.25, -0.2) is 4.68 Å². The van der Waals surface area contributed by atoms with Crippen LogP contribution in [0.2, 0.25) is 0 Å². The standard InChI is InChI=1S/C22H24N4O/c27-22(25-19-9-11-23-12-10-19)17-3-4-18-14-24-26(21(18)13-17)20-7-5-16(6-8-20)15-1-2-15/h3-8,13-15,19,23H,1-2,9-12H2,(H,25,27). The molecule has 138 valence electrons. The molecule has 5 nitrogen and oxygen atoms in total. The van der Waals surface area contributed by atoms with Gasteiger partial charge in [0.15, 0.2) is 0 Å². The highest BCUT2D eigenvalue weighted by atomic mass is 16.1. The van der Waals surface area contributed by atoms with E-state index < -0.39 is 0 Å². The highest BCUT2D eigenvalue weighted by molar-refractivity contribution is 5.98. The normalized spacial score (nSPS) is 17.9. The summed E-state index contributed by atoms with van der Waals surface area (Å²) in [5, 5.41) is 12.1. The van der Waals surface area contributed by atoms with Crippen molar-refractivity contribution in [2.24, 2.45) is 0 Å². The lowest BCUT2D eigenvalue weighted by atomic mass is 10.1. The number of nitrogens with one attached hydrogen (secondary N) is 2. The number of rotatable bonds is 4. The van der Waals surface area contributed by atoms with Gasteiger partial charge in [0.1, 0.15) is 0 Å². The van der Waals surface area contributed by atoms with Crippen molar-refractivity contribution < 1.29 is 4.79 Å². The molecule has 3 aromatic rings. The molecule has 2 heterocycles. The summed E-state index contributed by atoms with van der Waals surface area (Å²) >= 11 is 0. The molecule has 1 aromatic heterocycles. The van der Waals surface area contributed by atoms with E-state index >= 15 is 0 Å². The Bertz CT molecular complexity index is 966. The maximum absolute atomic E-state index is 12.7. The van der Waals surface area contributed by atoms with E-state index in [1.165, 1.54) is 18.4 Å². The molecule has 0 unspecified atom stereocenters. The van der Waals surface area contributed by atoms with Crippen molar-refractivity contribution in [3.8, 4) is 5.69 Å². The van der Waals surface area contributed by atoms with Crippen molar-refractivity contribution in [3.63, 3.8) is 0 Å². The number of carbonyl (C=O) groups is 1. The molecule has 1 amide bonds. The number of piperidine rings is 1. The van der Waals surface area contributed by atoms with Crippen molar-refractivity contribution >= 4 is 16.8 Å². The predicted octanol–water partition coefficient (Wildman–Crippen LogP) is 3.38. The van der Waals surface area contributed by atoms with Crippen LogP contribution >= 0.6 is 0 Å². The van der Waals surface area contributed by atoms with Gasteiger partial charge in [-0.05, 0) is 74.5 Å². The summed E-state index contributed by atoms with van der Waals surface area (Å²) in [6.45, 7) is 1.93. The molecule has 0 bridgehead atoms. The summed E-state index contributed by atoms with van der Waals surface area (Å²) in [7, 11) is 0. The van der Waals surface area contributed by atoms with Crippen molar-refractivity contribution in [1.82, 2.24) is 20.4 Å². The summed E-state index contributed by atoms with van der Waals surface area (Å²) in [4.78, 5) is 12.7. The number of carbonyl (C=O) groups excluding carboxylic acids is 1. The first-order valence-corrected chi connectivity index (χ1v) is 9.88. The van der Waals surface area contributed by atoms with Gasteiger partial charge in [0, 0.05) is 17.0 Å². The van der Waals surface area contributed by atoms with Crippen molar-refractivity contribution in [3.05, 3.63) is 59.8 Å². The fourth-order valence-electron chi connectivity index (χ4n) is 3.90. The van der Waals surface area contributed by atoms with Crippen LogP contribution in [-0.4, -0.2) is 34.8 Å². The Balaban J connectivity index is 1.42. The Kier molecular flexibility index (Phi) is 4.17. The first-order chi connectivity index (χ1) is 13.3. The van der Waals surface area contributed by atoms with Crippen LogP contribution < -0.4 is 10.6 Å². The third-order valence-electron chi connectivity index (χ3n) is 5.69. The van der Waals surface area contributed by atoms with Crippen LogP contribution in [0.5, 0.6) is 0 Å². The van der Waals surface area contributed by atoms with E-state index in [4.69, 9.17) is 0 Å². The third-order valence-corrected chi connectivity index (χ3v) is 5.69. The van der Waals surface area contributed by atoms with Crippen molar-refractivity contribution in [2.45, 2.75) is 37.6 Å². The Morgan fingerprint density at radius 1 is 1.04 bits per heavy atom. The van der Waals surface area contributed by atoms with Gasteiger partial charge in [0.25, 0.3) is 5.91 Å². The zero-order valence-corrected chi connectivity index (χ0v) is 15.3. The Labute approximate surface area is 158 Å². The van der Waals surface area contributed by atoms with E-state index in [1.807, 2.05) is 29.1 Å². The quantitative estimate of drug-likeness (QED) is 0.750. The van der Waals surface area contributed by atoms with Crippen LogP contribution in [0.3, 0.4) is 0 Å². The minimum Gasteiger partial charge on any atom is -0.349 e. The molecule has 0 spiro atoms. The Hall–Kier alpha value is -2.66. The molecule has 0 atom stereocenters. The zero-order valence-electron chi connectivity index (χ0n) is 15.3. The lowest BCUT2D eigenvalue weighted by molar-refractivity contribution is 0.0929. The molecule has 0 radical (unpaired) electrons. The van der Waals surface area contributed by atoms with E-state index in [0.717, 1.165) is 48.4 Å². The van der Waals surface area contributed by atoms with E-state index in [9.17, 15) is 4.79 Å². The first-order valence-electron chi connectivity index (χ1n) is 9.88. The molecular formula is C22H24N4O. The maximum atomic E-state index is 12.7. The van der Waals surface area contributed by atoms with E-state index in [1.54, 1.807) is 0 Å². The van der Waals surface area contributed by atoms with Gasteiger partial charge in [-0.15, -0.1) is 0 Å². The van der Waals surface area contributed by atoms with E-state index in [2.05, 4.69) is 40.0 Å². The van der Waals surface area contributed by atoms with Gasteiger partial charge >= 0.3 is 0 Å². The first kappa shape index (κ1) is 16.5. The number of hydrogen-bond donors (Lipinski definition) is 2. The van der Waals surface area contributed by atoms with Crippen LogP contribution in [0.4, 0.5) is 0 Å². The topological polar surface area (TPSA) is 59.0 Å². The Morgan fingerprint density at radius 3 is 2.56 bits per heavy atom. The SMILES string of the molecule is O=C(NC1CCNCC1)c1ccc2cnn(-c3ccc(C4CC4)cc3)c2c1. The van der Waals surface area contributed by atoms with Crippen LogP contribution in [0, 0.1) is 0 Å². The van der Waals surface area contributed by atoms with Gasteiger partial charge < -0.3 is 10.6 Å². The van der Waals surface area contributed by atoms with Gasteiger partial charge in [-0.1, -0.05) is 18.2 Å². The molecule has 2 N–H and O–H groups in total. The van der Waals surface area contributed by atoms with Crippen LogP contribution in [0.1, 0.15) is 47.5 Å².